The van der Waals surface area contributed by atoms with E-state index in [0.29, 0.717) is 6.04 Å². The monoisotopic (exact) mass is 240 g/mol. The fourth-order valence-electron chi connectivity index (χ4n) is 3.76. The molecule has 1 heterocycles. The number of likely N-dealkylation sites (tertiary alicyclic amines) is 1. The van der Waals surface area contributed by atoms with Crippen LogP contribution in [0, 0.1) is 5.92 Å². The molecule has 1 aliphatic heterocycles. The molecule has 2 atom stereocenters. The molecule has 94 valence electrons. The number of quaternary nitrogens is 1. The molecule has 18 heavy (non-hydrogen) atoms. The smallest absolute Gasteiger partial charge is 0.114 e. The molecule has 1 aliphatic carbocycles. The number of nitrogens with zero attached hydrogens (tertiary/aromatic N) is 1. The molecule has 0 unspecified atom stereocenters. The predicted octanol–water partition coefficient (Wildman–Crippen LogP) is 3.28. The third kappa shape index (κ3) is 1.74. The summed E-state index contributed by atoms with van der Waals surface area (Å²) in [4.78, 5) is 0. The fraction of sp³-hybridized carbons (Fsp3) is 0.412. The number of hydrogen-bond donors (Lipinski definition) is 0. The van der Waals surface area contributed by atoms with Crippen LogP contribution in [-0.4, -0.2) is 31.2 Å². The highest BCUT2D eigenvalue weighted by Gasteiger charge is 2.45. The van der Waals surface area contributed by atoms with Gasteiger partial charge in [-0.3, -0.25) is 0 Å². The van der Waals surface area contributed by atoms with Crippen molar-refractivity contribution >= 4 is 6.08 Å². The van der Waals surface area contributed by atoms with E-state index in [1.54, 1.807) is 5.57 Å². The van der Waals surface area contributed by atoms with Gasteiger partial charge in [-0.05, 0) is 29.2 Å². The van der Waals surface area contributed by atoms with Crippen LogP contribution in [0.1, 0.15) is 17.5 Å². The Balaban J connectivity index is 2.04. The van der Waals surface area contributed by atoms with Gasteiger partial charge in [0.1, 0.15) is 6.04 Å². The zero-order valence-electron chi connectivity index (χ0n) is 11.4. The molecular weight excluding hydrogens is 218 g/mol. The minimum atomic E-state index is 0.626. The highest BCUT2D eigenvalue weighted by molar-refractivity contribution is 5.61. The standard InChI is InChI=1S/C17H22N/c1-4-7-17-16-11-14-9-6-5-8-13(14)10-15(16)12-18(17,2)3/h4-6,8-9,11,15,17H,1,7,10,12H2,2-3H3/q+1/t15-,17+/m0/s1. The SMILES string of the molecule is C=CC[C@@H]1C2=Cc3ccccc3C[C@H]2C[N+]1(C)C. The van der Waals surface area contributed by atoms with Gasteiger partial charge in [-0.2, -0.15) is 0 Å². The molecule has 1 heteroatoms. The molecule has 1 fully saturated rings. The van der Waals surface area contributed by atoms with Crippen molar-refractivity contribution in [2.45, 2.75) is 18.9 Å². The summed E-state index contributed by atoms with van der Waals surface area (Å²) < 4.78 is 1.11. The Bertz CT molecular complexity index is 510. The molecule has 0 N–H and O–H groups in total. The molecule has 0 radical (unpaired) electrons. The van der Waals surface area contributed by atoms with Crippen LogP contribution in [0.5, 0.6) is 0 Å². The van der Waals surface area contributed by atoms with Gasteiger partial charge in [-0.25, -0.2) is 0 Å². The van der Waals surface area contributed by atoms with Crippen LogP contribution in [0.3, 0.4) is 0 Å². The third-order valence-electron chi connectivity index (χ3n) is 4.62. The van der Waals surface area contributed by atoms with Crippen LogP contribution in [-0.2, 0) is 6.42 Å². The summed E-state index contributed by atoms with van der Waals surface area (Å²) >= 11 is 0. The fourth-order valence-corrected chi connectivity index (χ4v) is 3.76. The zero-order chi connectivity index (χ0) is 12.8. The van der Waals surface area contributed by atoms with Gasteiger partial charge in [0.2, 0.25) is 0 Å². The van der Waals surface area contributed by atoms with E-state index in [-0.39, 0.29) is 0 Å². The Morgan fingerprint density at radius 2 is 2.11 bits per heavy atom. The molecule has 0 aromatic heterocycles. The van der Waals surface area contributed by atoms with Gasteiger partial charge in [0.25, 0.3) is 0 Å². The highest BCUT2D eigenvalue weighted by Crippen LogP contribution is 2.41. The molecule has 3 rings (SSSR count). The number of likely N-dealkylation sites (N-methyl/N-ethyl adjacent to an activating group) is 1. The van der Waals surface area contributed by atoms with Gasteiger partial charge in [0, 0.05) is 12.3 Å². The summed E-state index contributed by atoms with van der Waals surface area (Å²) in [5, 5.41) is 0. The van der Waals surface area contributed by atoms with Gasteiger partial charge >= 0.3 is 0 Å². The number of fused-ring (bicyclic) bond motifs is 2. The van der Waals surface area contributed by atoms with Crippen LogP contribution < -0.4 is 0 Å². The maximum absolute atomic E-state index is 3.93. The molecule has 1 aromatic rings. The van der Waals surface area contributed by atoms with E-state index in [0.717, 1.165) is 16.8 Å². The number of rotatable bonds is 2. The van der Waals surface area contributed by atoms with E-state index >= 15 is 0 Å². The van der Waals surface area contributed by atoms with Gasteiger partial charge in [0.05, 0.1) is 20.6 Å². The van der Waals surface area contributed by atoms with Crippen molar-refractivity contribution < 1.29 is 4.48 Å². The van der Waals surface area contributed by atoms with E-state index in [1.165, 1.54) is 24.1 Å². The Morgan fingerprint density at radius 1 is 1.33 bits per heavy atom. The van der Waals surface area contributed by atoms with E-state index in [4.69, 9.17) is 0 Å². The molecular formula is C17H22N+. The van der Waals surface area contributed by atoms with Crippen molar-refractivity contribution in [1.82, 2.24) is 0 Å². The van der Waals surface area contributed by atoms with Gasteiger partial charge in [-0.1, -0.05) is 30.3 Å². The summed E-state index contributed by atoms with van der Waals surface area (Å²) in [5.74, 6) is 0.736. The first-order valence-electron chi connectivity index (χ1n) is 6.85. The second-order valence-electron chi connectivity index (χ2n) is 6.25. The van der Waals surface area contributed by atoms with Crippen molar-refractivity contribution in [3.8, 4) is 0 Å². The maximum atomic E-state index is 3.93. The molecule has 1 saturated heterocycles. The van der Waals surface area contributed by atoms with Crippen LogP contribution >= 0.6 is 0 Å². The minimum Gasteiger partial charge on any atom is -0.322 e. The first kappa shape index (κ1) is 11.7. The van der Waals surface area contributed by atoms with Crippen LogP contribution in [0.4, 0.5) is 0 Å². The molecule has 0 saturated carbocycles. The van der Waals surface area contributed by atoms with Crippen molar-refractivity contribution in [2.75, 3.05) is 20.6 Å². The number of benzene rings is 1. The second-order valence-corrected chi connectivity index (χ2v) is 6.25. The summed E-state index contributed by atoms with van der Waals surface area (Å²) in [5.41, 5.74) is 4.60. The highest BCUT2D eigenvalue weighted by atomic mass is 15.4. The Labute approximate surface area is 110 Å². The summed E-state index contributed by atoms with van der Waals surface area (Å²) in [6.07, 6.45) is 6.84. The Kier molecular flexibility index (Phi) is 2.67. The minimum absolute atomic E-state index is 0.626. The van der Waals surface area contributed by atoms with Crippen molar-refractivity contribution in [1.29, 1.82) is 0 Å². The van der Waals surface area contributed by atoms with Crippen molar-refractivity contribution in [3.63, 3.8) is 0 Å². The average molecular weight is 240 g/mol. The molecule has 1 aromatic carbocycles. The van der Waals surface area contributed by atoms with E-state index < -0.39 is 0 Å². The predicted molar refractivity (Wildman–Crippen MR) is 77.2 cm³/mol. The van der Waals surface area contributed by atoms with Crippen LogP contribution in [0.2, 0.25) is 0 Å². The Hall–Kier alpha value is -1.34. The molecule has 0 bridgehead atoms. The third-order valence-corrected chi connectivity index (χ3v) is 4.62. The van der Waals surface area contributed by atoms with E-state index in [9.17, 15) is 0 Å². The first-order chi connectivity index (χ1) is 8.62. The lowest BCUT2D eigenvalue weighted by Gasteiger charge is -2.31. The van der Waals surface area contributed by atoms with E-state index in [2.05, 4.69) is 57.1 Å². The maximum Gasteiger partial charge on any atom is 0.114 e. The van der Waals surface area contributed by atoms with Crippen molar-refractivity contribution in [2.24, 2.45) is 5.92 Å². The lowest BCUT2D eigenvalue weighted by atomic mass is 9.82. The van der Waals surface area contributed by atoms with E-state index in [1.807, 2.05) is 0 Å². The average Bonchev–Trinajstić information content (AvgIpc) is 2.58. The summed E-state index contributed by atoms with van der Waals surface area (Å²) in [6.45, 7) is 5.20. The van der Waals surface area contributed by atoms with Gasteiger partial charge < -0.3 is 4.48 Å². The molecule has 2 aliphatic rings. The largest absolute Gasteiger partial charge is 0.322 e. The lowest BCUT2D eigenvalue weighted by molar-refractivity contribution is -0.900. The molecule has 0 amide bonds. The van der Waals surface area contributed by atoms with Crippen molar-refractivity contribution in [3.05, 3.63) is 53.6 Å². The Morgan fingerprint density at radius 3 is 2.89 bits per heavy atom. The first-order valence-corrected chi connectivity index (χ1v) is 6.85. The van der Waals surface area contributed by atoms with Crippen LogP contribution in [0.15, 0.2) is 42.5 Å². The normalized spacial score (nSPS) is 28.2. The second kappa shape index (κ2) is 4.10. The molecule has 1 nitrogen and oxygen atoms in total. The van der Waals surface area contributed by atoms with Gasteiger partial charge in [0.15, 0.2) is 0 Å². The topological polar surface area (TPSA) is 0 Å². The summed E-state index contributed by atoms with van der Waals surface area (Å²) in [6, 6.07) is 9.47. The number of hydrogen-bond acceptors (Lipinski definition) is 0. The lowest BCUT2D eigenvalue weighted by Crippen LogP contribution is -2.44. The summed E-state index contributed by atoms with van der Waals surface area (Å²) in [7, 11) is 4.72. The zero-order valence-corrected chi connectivity index (χ0v) is 11.4. The van der Waals surface area contributed by atoms with Gasteiger partial charge in [-0.15, -0.1) is 6.58 Å². The molecule has 0 spiro atoms. The quantitative estimate of drug-likeness (QED) is 0.550. The van der Waals surface area contributed by atoms with Crippen LogP contribution in [0.25, 0.3) is 6.08 Å².